The van der Waals surface area contributed by atoms with Crippen LogP contribution in [0.1, 0.15) is 48.3 Å². The summed E-state index contributed by atoms with van der Waals surface area (Å²) in [7, 11) is 8.31. The number of nitrogens with zero attached hydrogens (tertiary/aromatic N) is 1. The average molecular weight is 369 g/mol. The highest BCUT2D eigenvalue weighted by Gasteiger charge is 2.20. The number of amides is 1. The van der Waals surface area contributed by atoms with Crippen molar-refractivity contribution in [2.24, 2.45) is 0 Å². The summed E-state index contributed by atoms with van der Waals surface area (Å²) >= 11 is 0. The molecule has 4 nitrogen and oxygen atoms in total. The van der Waals surface area contributed by atoms with Crippen LogP contribution in [0.5, 0.6) is 0 Å². The molecule has 0 radical (unpaired) electrons. The van der Waals surface area contributed by atoms with Crippen LogP contribution in [-0.2, 0) is 5.41 Å². The molecule has 146 valence electrons. The van der Waals surface area contributed by atoms with Crippen LogP contribution in [0.2, 0.25) is 0 Å². The van der Waals surface area contributed by atoms with Gasteiger partial charge in [0.25, 0.3) is 5.91 Å². The molecule has 4 heteroatoms. The minimum absolute atomic E-state index is 0.0216. The van der Waals surface area contributed by atoms with Crippen molar-refractivity contribution in [1.82, 2.24) is 5.32 Å². The fourth-order valence-corrected chi connectivity index (χ4v) is 3.08. The van der Waals surface area contributed by atoms with E-state index in [0.717, 1.165) is 0 Å². The van der Waals surface area contributed by atoms with Crippen LogP contribution in [0.25, 0.3) is 0 Å². The molecule has 2 rings (SSSR count). The smallest absolute Gasteiger partial charge is 0.251 e. The highest BCUT2D eigenvalue weighted by Crippen LogP contribution is 2.22. The number of benzene rings is 2. The second kappa shape index (κ2) is 8.57. The summed E-state index contributed by atoms with van der Waals surface area (Å²) in [5.41, 5.74) is 4.43. The van der Waals surface area contributed by atoms with Crippen LogP contribution in [0.3, 0.4) is 0 Å². The first-order chi connectivity index (χ1) is 12.6. The van der Waals surface area contributed by atoms with Gasteiger partial charge in [-0.1, -0.05) is 45.0 Å². The number of carbonyl (C=O) groups excluding carboxylic acids is 1. The number of hydrogen-bond donors (Lipinski definition) is 2. The van der Waals surface area contributed by atoms with Gasteiger partial charge in [0.1, 0.15) is 6.04 Å². The molecule has 2 aromatic carbocycles. The number of quaternary nitrogens is 1. The van der Waals surface area contributed by atoms with Crippen molar-refractivity contribution in [2.75, 3.05) is 39.6 Å². The van der Waals surface area contributed by atoms with E-state index in [-0.39, 0.29) is 17.4 Å². The molecule has 0 aromatic heterocycles. The van der Waals surface area contributed by atoms with Crippen LogP contribution in [0.4, 0.5) is 5.69 Å². The molecular formula is C23H34N3O+. The van der Waals surface area contributed by atoms with Crippen molar-refractivity contribution in [1.29, 1.82) is 0 Å². The van der Waals surface area contributed by atoms with Gasteiger partial charge in [-0.2, -0.15) is 0 Å². The molecule has 0 unspecified atom stereocenters. The third-order valence-corrected chi connectivity index (χ3v) is 4.99. The standard InChI is InChI=1S/C23H33N3O/c1-23(2,3)19-12-8-18(9-13-19)22(27)24-16-21(26(6)7)17-10-14-20(15-11-17)25(4)5/h8-15,21H,16H2,1-7H3,(H,24,27)/p+1/t21-/m1/s1. The van der Waals surface area contributed by atoms with E-state index in [0.29, 0.717) is 12.1 Å². The van der Waals surface area contributed by atoms with Gasteiger partial charge >= 0.3 is 0 Å². The SMILES string of the molecule is CN(C)c1ccc([C@@H](CNC(=O)c2ccc(C(C)(C)C)cc2)[NH+](C)C)cc1. The molecule has 0 aliphatic rings. The van der Waals surface area contributed by atoms with Gasteiger partial charge in [0.15, 0.2) is 0 Å². The summed E-state index contributed by atoms with van der Waals surface area (Å²) in [5.74, 6) is -0.0216. The number of rotatable bonds is 6. The predicted octanol–water partition coefficient (Wildman–Crippen LogP) is 2.67. The highest BCUT2D eigenvalue weighted by atomic mass is 16.1. The third-order valence-electron chi connectivity index (χ3n) is 4.99. The number of hydrogen-bond acceptors (Lipinski definition) is 2. The lowest BCUT2D eigenvalue weighted by Gasteiger charge is -2.23. The van der Waals surface area contributed by atoms with E-state index in [1.54, 1.807) is 0 Å². The largest absolute Gasteiger partial charge is 0.378 e. The van der Waals surface area contributed by atoms with Crippen molar-refractivity contribution < 1.29 is 9.69 Å². The zero-order chi connectivity index (χ0) is 20.2. The maximum atomic E-state index is 12.6. The number of nitrogens with one attached hydrogen (secondary N) is 2. The molecule has 0 heterocycles. The monoisotopic (exact) mass is 368 g/mol. The summed E-state index contributed by atoms with van der Waals surface area (Å²) in [6.45, 7) is 7.12. The minimum atomic E-state index is -0.0216. The first kappa shape index (κ1) is 21.0. The molecule has 0 spiro atoms. The maximum absolute atomic E-state index is 12.6. The van der Waals surface area contributed by atoms with Gasteiger partial charge in [0.05, 0.1) is 20.6 Å². The molecule has 0 bridgehead atoms. The molecule has 2 aromatic rings. The molecule has 0 saturated heterocycles. The van der Waals surface area contributed by atoms with Crippen LogP contribution in [0.15, 0.2) is 48.5 Å². The highest BCUT2D eigenvalue weighted by molar-refractivity contribution is 5.94. The normalized spacial score (nSPS) is 12.7. The van der Waals surface area contributed by atoms with Crippen LogP contribution in [0, 0.1) is 0 Å². The van der Waals surface area contributed by atoms with E-state index in [4.69, 9.17) is 0 Å². The van der Waals surface area contributed by atoms with Gasteiger partial charge in [0, 0.05) is 30.9 Å². The molecule has 2 N–H and O–H groups in total. The van der Waals surface area contributed by atoms with Gasteiger partial charge in [0.2, 0.25) is 0 Å². The number of carbonyl (C=O) groups is 1. The summed E-state index contributed by atoms with van der Waals surface area (Å²) in [6.07, 6.45) is 0. The Morgan fingerprint density at radius 2 is 1.56 bits per heavy atom. The summed E-state index contributed by atoms with van der Waals surface area (Å²) < 4.78 is 0. The lowest BCUT2D eigenvalue weighted by Crippen LogP contribution is -3.07. The Kier molecular flexibility index (Phi) is 6.66. The number of likely N-dealkylation sites (N-methyl/N-ethyl adjacent to an activating group) is 1. The Balaban J connectivity index is 2.06. The van der Waals surface area contributed by atoms with Crippen molar-refractivity contribution in [2.45, 2.75) is 32.2 Å². The third kappa shape index (κ3) is 5.57. The van der Waals surface area contributed by atoms with Gasteiger partial charge in [-0.05, 0) is 35.2 Å². The fraction of sp³-hybridized carbons (Fsp3) is 0.435. The van der Waals surface area contributed by atoms with Crippen molar-refractivity contribution >= 4 is 11.6 Å². The molecule has 27 heavy (non-hydrogen) atoms. The van der Waals surface area contributed by atoms with Gasteiger partial charge in [-0.25, -0.2) is 0 Å². The van der Waals surface area contributed by atoms with Crippen LogP contribution < -0.4 is 15.1 Å². The zero-order valence-corrected chi connectivity index (χ0v) is 17.8. The van der Waals surface area contributed by atoms with E-state index < -0.39 is 0 Å². The fourth-order valence-electron chi connectivity index (χ4n) is 3.08. The number of anilines is 1. The molecule has 0 fully saturated rings. The summed E-state index contributed by atoms with van der Waals surface area (Å²) in [6, 6.07) is 16.7. The Morgan fingerprint density at radius 1 is 1.00 bits per heavy atom. The van der Waals surface area contributed by atoms with Gasteiger partial charge in [-0.15, -0.1) is 0 Å². The van der Waals surface area contributed by atoms with Crippen LogP contribution in [-0.4, -0.2) is 40.6 Å². The van der Waals surface area contributed by atoms with Crippen molar-refractivity contribution in [3.63, 3.8) is 0 Å². The molecular weight excluding hydrogens is 334 g/mol. The Hall–Kier alpha value is -2.33. The molecule has 1 amide bonds. The Morgan fingerprint density at radius 3 is 2.00 bits per heavy atom. The second-order valence-electron chi connectivity index (χ2n) is 8.65. The first-order valence-electron chi connectivity index (χ1n) is 9.55. The first-order valence-corrected chi connectivity index (χ1v) is 9.55. The summed E-state index contributed by atoms with van der Waals surface area (Å²) in [4.78, 5) is 16.0. The van der Waals surface area contributed by atoms with Gasteiger partial charge in [-0.3, -0.25) is 4.79 Å². The van der Waals surface area contributed by atoms with E-state index in [1.807, 2.05) is 38.4 Å². The maximum Gasteiger partial charge on any atom is 0.251 e. The summed E-state index contributed by atoms with van der Waals surface area (Å²) in [5, 5.41) is 3.10. The topological polar surface area (TPSA) is 36.8 Å². The molecule has 0 saturated carbocycles. The molecule has 1 atom stereocenters. The van der Waals surface area contributed by atoms with E-state index in [1.165, 1.54) is 21.7 Å². The lowest BCUT2D eigenvalue weighted by atomic mass is 9.87. The molecule has 0 aliphatic carbocycles. The van der Waals surface area contributed by atoms with Crippen molar-refractivity contribution in [3.05, 3.63) is 65.2 Å². The van der Waals surface area contributed by atoms with E-state index in [9.17, 15) is 4.79 Å². The van der Waals surface area contributed by atoms with Crippen LogP contribution >= 0.6 is 0 Å². The van der Waals surface area contributed by atoms with E-state index >= 15 is 0 Å². The lowest BCUT2D eigenvalue weighted by molar-refractivity contribution is -0.890. The Bertz CT molecular complexity index is 741. The predicted molar refractivity (Wildman–Crippen MR) is 114 cm³/mol. The van der Waals surface area contributed by atoms with Gasteiger partial charge < -0.3 is 15.1 Å². The van der Waals surface area contributed by atoms with Crippen molar-refractivity contribution in [3.8, 4) is 0 Å². The minimum Gasteiger partial charge on any atom is -0.378 e. The zero-order valence-electron chi connectivity index (χ0n) is 17.8. The quantitative estimate of drug-likeness (QED) is 0.822. The second-order valence-corrected chi connectivity index (χ2v) is 8.65. The average Bonchev–Trinajstić information content (AvgIpc) is 2.61. The molecule has 0 aliphatic heterocycles. The van der Waals surface area contributed by atoms with E-state index in [2.05, 4.69) is 69.3 Å². The Labute approximate surface area is 164 Å².